The molecule has 0 radical (unpaired) electrons. The Balaban J connectivity index is 4.53. The van der Waals surface area contributed by atoms with Gasteiger partial charge in [0.1, 0.15) is 25.4 Å². The number of allylic oxidation sites excluding steroid dienone is 26. The minimum absolute atomic E-state index is 0.0830. The molecule has 0 spiro atoms. The van der Waals surface area contributed by atoms with Crippen LogP contribution in [0.3, 0.4) is 0 Å². The first-order chi connectivity index (χ1) is 52.2. The SMILES string of the molecule is CC/C=C\C/C=C\C/C=C\C/C=C\C/C=C\C/C=C\CCCCCCCCCCCCCCCCC(=O)OCC(O)COP(=O)(O)OCC(O)COP(=O)(O)OCC(COC(=O)CCCCCCCC/C=C\C/C=C\C/C=C\C/C=C\CC)OC(=O)CCCCCCCC/C=C\C/C=C\C/C=C\CCCCC. The maximum atomic E-state index is 13.0. The number of rotatable bonds is 78. The highest BCUT2D eigenvalue weighted by molar-refractivity contribution is 7.47. The molecular formula is C89H150O16P2. The van der Waals surface area contributed by atoms with Gasteiger partial charge in [0.2, 0.25) is 0 Å². The molecular weight excluding hydrogens is 1390 g/mol. The number of aliphatic hydroxyl groups is 2. The topological polar surface area (TPSA) is 231 Å². The summed E-state index contributed by atoms with van der Waals surface area (Å²) in [6.45, 7) is 2.41. The van der Waals surface area contributed by atoms with Crippen LogP contribution < -0.4 is 0 Å². The number of carbonyl (C=O) groups is 3. The third-order valence-electron chi connectivity index (χ3n) is 17.2. The number of unbranched alkanes of at least 4 members (excludes halogenated alkanes) is 29. The van der Waals surface area contributed by atoms with Crippen LogP contribution >= 0.6 is 15.6 Å². The summed E-state index contributed by atoms with van der Waals surface area (Å²) in [6.07, 6.45) is 101. The van der Waals surface area contributed by atoms with E-state index in [-0.39, 0.29) is 19.3 Å². The number of phosphoric acid groups is 2. The largest absolute Gasteiger partial charge is 0.472 e. The van der Waals surface area contributed by atoms with Crippen molar-refractivity contribution in [2.75, 3.05) is 39.6 Å². The van der Waals surface area contributed by atoms with Crippen molar-refractivity contribution in [3.63, 3.8) is 0 Å². The average Bonchev–Trinajstić information content (AvgIpc) is 0.907. The number of carbonyl (C=O) groups excluding carboxylic acids is 3. The highest BCUT2D eigenvalue weighted by Crippen LogP contribution is 2.45. The van der Waals surface area contributed by atoms with Gasteiger partial charge in [-0.1, -0.05) is 320 Å². The van der Waals surface area contributed by atoms with E-state index in [0.717, 1.165) is 186 Å². The summed E-state index contributed by atoms with van der Waals surface area (Å²) in [5.74, 6) is -1.61. The second kappa shape index (κ2) is 80.7. The molecule has 612 valence electrons. The molecule has 16 nitrogen and oxygen atoms in total. The van der Waals surface area contributed by atoms with Crippen LogP contribution in [0.5, 0.6) is 0 Å². The maximum absolute atomic E-state index is 13.0. The van der Waals surface area contributed by atoms with Crippen molar-refractivity contribution in [2.45, 2.75) is 347 Å². The predicted octanol–water partition coefficient (Wildman–Crippen LogP) is 25.0. The number of phosphoric ester groups is 2. The number of hydrogen-bond acceptors (Lipinski definition) is 14. The Hall–Kier alpha value is -4.83. The molecule has 0 aliphatic rings. The van der Waals surface area contributed by atoms with Crippen molar-refractivity contribution in [1.29, 1.82) is 0 Å². The molecule has 107 heavy (non-hydrogen) atoms. The van der Waals surface area contributed by atoms with Gasteiger partial charge in [0.25, 0.3) is 0 Å². The van der Waals surface area contributed by atoms with Crippen molar-refractivity contribution >= 4 is 33.6 Å². The van der Waals surface area contributed by atoms with E-state index in [1.807, 2.05) is 0 Å². The summed E-state index contributed by atoms with van der Waals surface area (Å²) in [6, 6.07) is 0. The molecule has 0 aliphatic heterocycles. The van der Waals surface area contributed by atoms with Gasteiger partial charge < -0.3 is 34.2 Å². The first kappa shape index (κ1) is 102. The van der Waals surface area contributed by atoms with E-state index >= 15 is 0 Å². The van der Waals surface area contributed by atoms with E-state index in [9.17, 15) is 43.5 Å². The Labute approximate surface area is 650 Å². The number of aliphatic hydroxyl groups excluding tert-OH is 2. The van der Waals surface area contributed by atoms with Gasteiger partial charge in [0, 0.05) is 19.3 Å². The summed E-state index contributed by atoms with van der Waals surface area (Å²) >= 11 is 0. The highest BCUT2D eigenvalue weighted by Gasteiger charge is 2.29. The number of esters is 3. The van der Waals surface area contributed by atoms with Crippen molar-refractivity contribution in [3.05, 3.63) is 158 Å². The van der Waals surface area contributed by atoms with Gasteiger partial charge >= 0.3 is 33.6 Å². The first-order valence-corrected chi connectivity index (χ1v) is 44.8. The van der Waals surface area contributed by atoms with Crippen LogP contribution in [0.25, 0.3) is 0 Å². The van der Waals surface area contributed by atoms with Gasteiger partial charge in [0.15, 0.2) is 6.10 Å². The lowest BCUT2D eigenvalue weighted by atomic mass is 10.0. The lowest BCUT2D eigenvalue weighted by Crippen LogP contribution is -2.30. The smallest absolute Gasteiger partial charge is 0.463 e. The van der Waals surface area contributed by atoms with E-state index in [1.54, 1.807) is 0 Å². The standard InChI is InChI=1S/C89H150O16P2/c1-4-7-10-13-16-19-22-25-28-31-34-35-36-37-38-39-40-41-42-43-44-45-46-47-50-52-54-57-60-63-66-69-72-75-87(92)99-78-84(90)79-101-106(95,96)102-80-85(91)81-103-107(97,98)104-83-86(105-89(94)77-74-71-68-65-62-59-56-53-49-33-30-27-24-21-18-15-12-9-6-3)82-100-88(93)76-73-70-67-64-61-58-55-51-48-32-29-26-23-20-17-14-11-8-5-2/h7-8,10-11,16-21,25-30,34-35,37-38,40-41,48-49,51,53,84-86,90-91H,4-6,9,12-15,22-24,31-33,36,39,42-47,50,52,54-83H2,1-3H3,(H,95,96)(H,97,98)/b10-7-,11-8-,19-16-,20-17-,21-18-,28-25-,29-26-,30-27-,35-34-,38-37-,41-40-,51-48-,53-49-. The maximum Gasteiger partial charge on any atom is 0.472 e. The summed E-state index contributed by atoms with van der Waals surface area (Å²) < 4.78 is 61.2. The fourth-order valence-corrected chi connectivity index (χ4v) is 12.5. The molecule has 4 N–H and O–H groups in total. The first-order valence-electron chi connectivity index (χ1n) is 41.8. The molecule has 0 bridgehead atoms. The zero-order chi connectivity index (χ0) is 78.0. The zero-order valence-electron chi connectivity index (χ0n) is 67.0. The second-order valence-electron chi connectivity index (χ2n) is 27.5. The van der Waals surface area contributed by atoms with E-state index in [2.05, 4.69) is 179 Å². The Bertz CT molecular complexity index is 2580. The molecule has 5 unspecified atom stereocenters. The highest BCUT2D eigenvalue weighted by atomic mass is 31.2. The molecule has 5 atom stereocenters. The number of hydrogen-bond donors (Lipinski definition) is 4. The minimum Gasteiger partial charge on any atom is -0.463 e. The van der Waals surface area contributed by atoms with Crippen molar-refractivity contribution in [1.82, 2.24) is 0 Å². The molecule has 0 amide bonds. The Morgan fingerprint density at radius 1 is 0.271 bits per heavy atom. The molecule has 0 saturated carbocycles. The quantitative estimate of drug-likeness (QED) is 0.0146. The van der Waals surface area contributed by atoms with Gasteiger partial charge in [-0.3, -0.25) is 32.5 Å². The van der Waals surface area contributed by atoms with Gasteiger partial charge in [-0.05, 0) is 148 Å². The fourth-order valence-electron chi connectivity index (χ4n) is 10.9. The molecule has 0 aliphatic carbocycles. The number of ether oxygens (including phenoxy) is 3. The zero-order valence-corrected chi connectivity index (χ0v) is 68.8. The van der Waals surface area contributed by atoms with Crippen molar-refractivity contribution in [2.24, 2.45) is 0 Å². The second-order valence-corrected chi connectivity index (χ2v) is 30.4. The lowest BCUT2D eigenvalue weighted by Gasteiger charge is -2.21. The fraction of sp³-hybridized carbons (Fsp3) is 0.674. The molecule has 0 saturated heterocycles. The molecule has 18 heteroatoms. The van der Waals surface area contributed by atoms with Crippen LogP contribution in [-0.4, -0.2) is 95.9 Å². The monoisotopic (exact) mass is 1540 g/mol. The third kappa shape index (κ3) is 82.0. The van der Waals surface area contributed by atoms with Crippen molar-refractivity contribution in [3.8, 4) is 0 Å². The molecule has 0 aromatic heterocycles. The Morgan fingerprint density at radius 3 is 0.785 bits per heavy atom. The van der Waals surface area contributed by atoms with E-state index < -0.39 is 91.5 Å². The van der Waals surface area contributed by atoms with Crippen LogP contribution in [0.2, 0.25) is 0 Å². The molecule has 0 heterocycles. The van der Waals surface area contributed by atoms with Crippen molar-refractivity contribution < 1.29 is 75.8 Å². The van der Waals surface area contributed by atoms with Gasteiger partial charge in [-0.2, -0.15) is 0 Å². The van der Waals surface area contributed by atoms with Gasteiger partial charge in [-0.15, -0.1) is 0 Å². The molecule has 0 fully saturated rings. The van der Waals surface area contributed by atoms with Crippen LogP contribution in [0.1, 0.15) is 329 Å². The molecule has 0 aromatic carbocycles. The normalized spacial score (nSPS) is 14.7. The van der Waals surface area contributed by atoms with Crippen LogP contribution in [0, 0.1) is 0 Å². The van der Waals surface area contributed by atoms with E-state index in [1.165, 1.54) is 83.5 Å². The lowest BCUT2D eigenvalue weighted by molar-refractivity contribution is -0.161. The van der Waals surface area contributed by atoms with Gasteiger partial charge in [-0.25, -0.2) is 9.13 Å². The van der Waals surface area contributed by atoms with Crippen LogP contribution in [0.15, 0.2) is 158 Å². The average molecular weight is 1540 g/mol. The van der Waals surface area contributed by atoms with Crippen LogP contribution in [0.4, 0.5) is 0 Å². The van der Waals surface area contributed by atoms with Crippen LogP contribution in [-0.2, 0) is 55.8 Å². The van der Waals surface area contributed by atoms with E-state index in [4.69, 9.17) is 32.3 Å². The minimum atomic E-state index is -4.94. The third-order valence-corrected chi connectivity index (χ3v) is 19.1. The Morgan fingerprint density at radius 2 is 0.495 bits per heavy atom. The molecule has 0 aromatic rings. The Kier molecular flexibility index (Phi) is 77.0. The molecule has 0 rings (SSSR count). The summed E-state index contributed by atoms with van der Waals surface area (Å²) in [7, 11) is -9.81. The predicted molar refractivity (Wildman–Crippen MR) is 445 cm³/mol. The van der Waals surface area contributed by atoms with E-state index in [0.29, 0.717) is 19.3 Å². The summed E-state index contributed by atoms with van der Waals surface area (Å²) in [5.41, 5.74) is 0. The summed E-state index contributed by atoms with van der Waals surface area (Å²) in [4.78, 5) is 58.8. The van der Waals surface area contributed by atoms with Gasteiger partial charge in [0.05, 0.1) is 26.4 Å². The summed E-state index contributed by atoms with van der Waals surface area (Å²) in [5, 5.41) is 20.7.